The zero-order chi connectivity index (χ0) is 18.4. The van der Waals surface area contributed by atoms with E-state index in [9.17, 15) is 14.7 Å². The van der Waals surface area contributed by atoms with Crippen molar-refractivity contribution < 1.29 is 19.1 Å². The number of hydrogen-bond acceptors (Lipinski definition) is 4. The molecule has 0 radical (unpaired) electrons. The maximum absolute atomic E-state index is 12.5. The van der Waals surface area contributed by atoms with Crippen molar-refractivity contribution in [3.8, 4) is 0 Å². The van der Waals surface area contributed by atoms with Crippen molar-refractivity contribution >= 4 is 34.8 Å². The van der Waals surface area contributed by atoms with E-state index in [1.54, 1.807) is 12.1 Å². The molecule has 0 fully saturated rings. The summed E-state index contributed by atoms with van der Waals surface area (Å²) in [5.74, 6) is -0.688. The fraction of sp³-hybridized carbons (Fsp3) is 0.526. The average Bonchev–Trinajstić information content (AvgIpc) is 3.01. The van der Waals surface area contributed by atoms with Crippen LogP contribution in [0.1, 0.15) is 58.3 Å². The standard InChI is InChI=1S/C19H25NO4S/c1-3-5-8-13(4-2)11-19(18(23)25,12-16(21)22)17-20-14-9-6-7-10-15(14)24-17/h6-7,9-10,13H,3-5,8,11-12H2,1-2H3,(H,21,22)(H,23,25). The highest BCUT2D eigenvalue weighted by Crippen LogP contribution is 2.40. The molecule has 1 aromatic carbocycles. The molecule has 2 aromatic rings. The van der Waals surface area contributed by atoms with Gasteiger partial charge >= 0.3 is 5.97 Å². The number of carboxylic acid groups (broad SMARTS) is 1. The van der Waals surface area contributed by atoms with Gasteiger partial charge in [-0.05, 0) is 24.5 Å². The largest absolute Gasteiger partial charge is 0.481 e. The minimum atomic E-state index is -1.34. The zero-order valence-corrected chi connectivity index (χ0v) is 15.6. The van der Waals surface area contributed by atoms with Gasteiger partial charge in [0, 0.05) is 0 Å². The Labute approximate surface area is 153 Å². The Morgan fingerprint density at radius 1 is 1.32 bits per heavy atom. The van der Waals surface area contributed by atoms with Crippen LogP contribution >= 0.6 is 12.6 Å². The summed E-state index contributed by atoms with van der Waals surface area (Å²) < 4.78 is 5.80. The van der Waals surface area contributed by atoms with E-state index in [4.69, 9.17) is 4.42 Å². The van der Waals surface area contributed by atoms with Crippen LogP contribution in [0.5, 0.6) is 0 Å². The van der Waals surface area contributed by atoms with E-state index in [0.29, 0.717) is 17.5 Å². The van der Waals surface area contributed by atoms with Crippen LogP contribution in [0.15, 0.2) is 28.7 Å². The third-order valence-corrected chi connectivity index (χ3v) is 5.17. The summed E-state index contributed by atoms with van der Waals surface area (Å²) in [5.41, 5.74) is -0.186. The van der Waals surface area contributed by atoms with Crippen molar-refractivity contribution in [1.29, 1.82) is 0 Å². The summed E-state index contributed by atoms with van der Waals surface area (Å²) in [7, 11) is 0. The first kappa shape index (κ1) is 19.5. The van der Waals surface area contributed by atoms with Crippen LogP contribution in [0.4, 0.5) is 0 Å². The van der Waals surface area contributed by atoms with E-state index in [-0.39, 0.29) is 18.2 Å². The number of oxazole rings is 1. The van der Waals surface area contributed by atoms with Gasteiger partial charge in [-0.15, -0.1) is 12.6 Å². The molecule has 1 aromatic heterocycles. The lowest BCUT2D eigenvalue weighted by Crippen LogP contribution is -2.38. The number of aliphatic carboxylic acids is 1. The average molecular weight is 363 g/mol. The molecule has 2 rings (SSSR count). The monoisotopic (exact) mass is 363 g/mol. The van der Waals surface area contributed by atoms with E-state index < -0.39 is 16.5 Å². The molecule has 136 valence electrons. The predicted molar refractivity (Wildman–Crippen MR) is 99.9 cm³/mol. The number of benzene rings is 1. The highest BCUT2D eigenvalue weighted by Gasteiger charge is 2.46. The number of rotatable bonds is 10. The molecule has 0 aliphatic heterocycles. The smallest absolute Gasteiger partial charge is 0.304 e. The molecule has 5 nitrogen and oxygen atoms in total. The molecule has 0 aliphatic rings. The quantitative estimate of drug-likeness (QED) is 0.603. The summed E-state index contributed by atoms with van der Waals surface area (Å²) in [6.07, 6.45) is 3.91. The van der Waals surface area contributed by atoms with Gasteiger partial charge in [0.25, 0.3) is 0 Å². The van der Waals surface area contributed by atoms with Crippen molar-refractivity contribution in [2.75, 3.05) is 0 Å². The van der Waals surface area contributed by atoms with Gasteiger partial charge in [0.15, 0.2) is 5.58 Å². The zero-order valence-electron chi connectivity index (χ0n) is 14.7. The van der Waals surface area contributed by atoms with Crippen LogP contribution in [-0.2, 0) is 15.0 Å². The van der Waals surface area contributed by atoms with Crippen LogP contribution in [0.3, 0.4) is 0 Å². The van der Waals surface area contributed by atoms with Gasteiger partial charge in [-0.1, -0.05) is 51.7 Å². The molecule has 1 heterocycles. The molecular weight excluding hydrogens is 338 g/mol. The number of fused-ring (bicyclic) bond motifs is 1. The third-order valence-electron chi connectivity index (χ3n) is 4.75. The van der Waals surface area contributed by atoms with Crippen molar-refractivity contribution in [2.24, 2.45) is 5.92 Å². The molecule has 0 spiro atoms. The number of carbonyl (C=O) groups excluding carboxylic acids is 1. The number of para-hydroxylation sites is 2. The maximum Gasteiger partial charge on any atom is 0.304 e. The topological polar surface area (TPSA) is 80.4 Å². The Bertz CT molecular complexity index is 709. The second-order valence-corrected chi connectivity index (χ2v) is 6.97. The normalized spacial score (nSPS) is 15.0. The molecular formula is C19H25NO4S. The van der Waals surface area contributed by atoms with Crippen LogP contribution in [0.2, 0.25) is 0 Å². The van der Waals surface area contributed by atoms with Gasteiger partial charge < -0.3 is 9.52 Å². The molecule has 0 saturated heterocycles. The Hall–Kier alpha value is -1.82. The van der Waals surface area contributed by atoms with Crippen LogP contribution in [0, 0.1) is 5.92 Å². The Morgan fingerprint density at radius 3 is 2.60 bits per heavy atom. The number of thiol groups is 1. The van der Waals surface area contributed by atoms with Crippen molar-refractivity contribution in [1.82, 2.24) is 4.98 Å². The van der Waals surface area contributed by atoms with E-state index in [1.165, 1.54) is 0 Å². The molecule has 1 N–H and O–H groups in total. The lowest BCUT2D eigenvalue weighted by molar-refractivity contribution is -0.141. The van der Waals surface area contributed by atoms with Crippen LogP contribution < -0.4 is 0 Å². The second-order valence-electron chi connectivity index (χ2n) is 6.57. The van der Waals surface area contributed by atoms with E-state index in [2.05, 4.69) is 31.5 Å². The molecule has 6 heteroatoms. The van der Waals surface area contributed by atoms with Gasteiger partial charge in [0.1, 0.15) is 10.9 Å². The number of aromatic nitrogens is 1. The molecule has 0 saturated carbocycles. The second kappa shape index (κ2) is 8.52. The maximum atomic E-state index is 12.5. The Morgan fingerprint density at radius 2 is 2.04 bits per heavy atom. The van der Waals surface area contributed by atoms with Crippen LogP contribution in [0.25, 0.3) is 11.1 Å². The summed E-state index contributed by atoms with van der Waals surface area (Å²) >= 11 is 4.05. The van der Waals surface area contributed by atoms with Crippen molar-refractivity contribution in [2.45, 2.75) is 57.8 Å². The minimum absolute atomic E-state index is 0.158. The fourth-order valence-corrected chi connectivity index (χ4v) is 3.53. The van der Waals surface area contributed by atoms with Gasteiger partial charge in [0.2, 0.25) is 11.0 Å². The van der Waals surface area contributed by atoms with Gasteiger partial charge in [0.05, 0.1) is 6.42 Å². The van der Waals surface area contributed by atoms with Crippen molar-refractivity contribution in [3.05, 3.63) is 30.2 Å². The van der Waals surface area contributed by atoms with E-state index in [0.717, 1.165) is 25.7 Å². The lowest BCUT2D eigenvalue weighted by atomic mass is 9.75. The predicted octanol–water partition coefficient (Wildman–Crippen LogP) is 4.60. The summed E-state index contributed by atoms with van der Waals surface area (Å²) in [6.45, 7) is 4.17. The number of nitrogens with zero attached hydrogens (tertiary/aromatic N) is 1. The number of unbranched alkanes of at least 4 members (excludes halogenated alkanes) is 1. The first-order valence-electron chi connectivity index (χ1n) is 8.74. The van der Waals surface area contributed by atoms with Gasteiger partial charge in [-0.3, -0.25) is 9.59 Å². The molecule has 2 atom stereocenters. The molecule has 2 unspecified atom stereocenters. The number of hydrogen-bond donors (Lipinski definition) is 2. The summed E-state index contributed by atoms with van der Waals surface area (Å²) in [5, 5.41) is 8.94. The van der Waals surface area contributed by atoms with Gasteiger partial charge in [-0.25, -0.2) is 4.98 Å². The first-order valence-corrected chi connectivity index (χ1v) is 9.19. The molecule has 25 heavy (non-hydrogen) atoms. The van der Waals surface area contributed by atoms with Gasteiger partial charge in [-0.2, -0.15) is 0 Å². The molecule has 0 amide bonds. The highest BCUT2D eigenvalue weighted by atomic mass is 32.1. The highest BCUT2D eigenvalue weighted by molar-refractivity contribution is 7.96. The Balaban J connectivity index is 2.49. The van der Waals surface area contributed by atoms with E-state index >= 15 is 0 Å². The lowest BCUT2D eigenvalue weighted by Gasteiger charge is -2.30. The number of carbonyl (C=O) groups is 2. The number of carboxylic acids is 1. The molecule has 0 aliphatic carbocycles. The summed E-state index contributed by atoms with van der Waals surface area (Å²) in [4.78, 5) is 28.5. The Kier molecular flexibility index (Phi) is 6.64. The summed E-state index contributed by atoms with van der Waals surface area (Å²) in [6, 6.07) is 7.18. The fourth-order valence-electron chi connectivity index (χ4n) is 3.26. The molecule has 0 bridgehead atoms. The van der Waals surface area contributed by atoms with E-state index in [1.807, 2.05) is 12.1 Å². The SMILES string of the molecule is CCCCC(CC)CC(CC(=O)O)(C(=O)S)c1nc2ccccc2o1. The van der Waals surface area contributed by atoms with Crippen molar-refractivity contribution in [3.63, 3.8) is 0 Å². The first-order chi connectivity index (χ1) is 11.9. The third kappa shape index (κ3) is 4.42. The van der Waals surface area contributed by atoms with Crippen LogP contribution in [-0.4, -0.2) is 21.2 Å². The minimum Gasteiger partial charge on any atom is -0.481 e.